The molecular weight excluding hydrogens is 210 g/mol. The lowest BCUT2D eigenvalue weighted by molar-refractivity contribution is -0.386. The molecule has 0 saturated carbocycles. The lowest BCUT2D eigenvalue weighted by Gasteiger charge is -2.23. The summed E-state index contributed by atoms with van der Waals surface area (Å²) in [5.74, 6) is 0. The van der Waals surface area contributed by atoms with Gasteiger partial charge in [0.1, 0.15) is 6.10 Å². The number of nitrogens with zero attached hydrogens (tertiary/aromatic N) is 1. The summed E-state index contributed by atoms with van der Waals surface area (Å²) in [7, 11) is 0. The minimum atomic E-state index is -0.427. The van der Waals surface area contributed by atoms with Crippen LogP contribution in [0.25, 0.3) is 0 Å². The predicted octanol–water partition coefficient (Wildman–Crippen LogP) is 0.838. The van der Waals surface area contributed by atoms with Crippen molar-refractivity contribution in [1.29, 1.82) is 0 Å². The van der Waals surface area contributed by atoms with Gasteiger partial charge in [0.2, 0.25) is 0 Å². The maximum atomic E-state index is 10.9. The molecule has 0 bridgehead atoms. The van der Waals surface area contributed by atoms with Crippen LogP contribution in [-0.4, -0.2) is 24.6 Å². The zero-order valence-electron chi connectivity index (χ0n) is 8.68. The minimum absolute atomic E-state index is 0.0219. The molecule has 0 aromatic heterocycles. The number of nitrogens with one attached hydrogen (secondary N) is 1. The summed E-state index contributed by atoms with van der Waals surface area (Å²) in [6.45, 7) is 1.93. The van der Waals surface area contributed by atoms with Crippen molar-refractivity contribution in [2.75, 3.05) is 25.4 Å². The Hall–Kier alpha value is -1.66. The molecule has 16 heavy (non-hydrogen) atoms. The van der Waals surface area contributed by atoms with Gasteiger partial charge in [0.15, 0.2) is 0 Å². The van der Waals surface area contributed by atoms with E-state index >= 15 is 0 Å². The Labute approximate surface area is 92.5 Å². The Morgan fingerprint density at radius 2 is 2.38 bits per heavy atom. The smallest absolute Gasteiger partial charge is 0.277 e. The van der Waals surface area contributed by atoms with Crippen LogP contribution in [0.2, 0.25) is 0 Å². The summed E-state index contributed by atoms with van der Waals surface area (Å²) in [6, 6.07) is 4.68. The van der Waals surface area contributed by atoms with Crippen molar-refractivity contribution in [2.45, 2.75) is 6.10 Å². The first-order valence-corrected chi connectivity index (χ1v) is 5.04. The van der Waals surface area contributed by atoms with Crippen LogP contribution in [0.1, 0.15) is 11.7 Å². The molecule has 0 aliphatic carbocycles. The molecule has 3 N–H and O–H groups in total. The molecule has 1 aliphatic heterocycles. The van der Waals surface area contributed by atoms with E-state index in [-0.39, 0.29) is 11.8 Å². The van der Waals surface area contributed by atoms with Crippen LogP contribution in [0.4, 0.5) is 11.4 Å². The Morgan fingerprint density at radius 1 is 1.56 bits per heavy atom. The van der Waals surface area contributed by atoms with Crippen molar-refractivity contribution >= 4 is 11.4 Å². The van der Waals surface area contributed by atoms with Crippen LogP contribution in [0, 0.1) is 10.1 Å². The van der Waals surface area contributed by atoms with Crippen molar-refractivity contribution in [3.8, 4) is 0 Å². The fraction of sp³-hybridized carbons (Fsp3) is 0.400. The molecule has 1 aliphatic rings. The van der Waals surface area contributed by atoms with E-state index in [1.165, 1.54) is 6.07 Å². The van der Waals surface area contributed by atoms with Crippen LogP contribution in [0.3, 0.4) is 0 Å². The molecule has 1 atom stereocenters. The summed E-state index contributed by atoms with van der Waals surface area (Å²) in [5, 5.41) is 14.0. The van der Waals surface area contributed by atoms with E-state index < -0.39 is 4.92 Å². The average Bonchev–Trinajstić information content (AvgIpc) is 2.30. The van der Waals surface area contributed by atoms with Gasteiger partial charge in [-0.15, -0.1) is 0 Å². The molecule has 0 unspecified atom stereocenters. The van der Waals surface area contributed by atoms with Crippen molar-refractivity contribution in [1.82, 2.24) is 5.32 Å². The molecule has 0 amide bonds. The summed E-state index contributed by atoms with van der Waals surface area (Å²) in [4.78, 5) is 10.5. The Bertz CT molecular complexity index is 402. The number of nitro groups is 1. The van der Waals surface area contributed by atoms with E-state index in [0.29, 0.717) is 24.4 Å². The summed E-state index contributed by atoms with van der Waals surface area (Å²) >= 11 is 0. The Balaban J connectivity index is 2.34. The van der Waals surface area contributed by atoms with Crippen molar-refractivity contribution < 1.29 is 9.66 Å². The molecule has 6 nitrogen and oxygen atoms in total. The van der Waals surface area contributed by atoms with Crippen molar-refractivity contribution in [3.63, 3.8) is 0 Å². The molecule has 1 aromatic rings. The van der Waals surface area contributed by atoms with Gasteiger partial charge in [-0.25, -0.2) is 0 Å². The maximum Gasteiger partial charge on any atom is 0.277 e. The molecule has 6 heteroatoms. The molecule has 2 rings (SSSR count). The molecule has 86 valence electrons. The molecule has 1 saturated heterocycles. The number of rotatable bonds is 2. The fourth-order valence-corrected chi connectivity index (χ4v) is 1.76. The van der Waals surface area contributed by atoms with Gasteiger partial charge < -0.3 is 15.8 Å². The van der Waals surface area contributed by atoms with Gasteiger partial charge in [-0.3, -0.25) is 10.1 Å². The van der Waals surface area contributed by atoms with Crippen LogP contribution in [0.15, 0.2) is 18.2 Å². The number of nitrogen functional groups attached to an aromatic ring is 1. The van der Waals surface area contributed by atoms with E-state index in [0.717, 1.165) is 6.54 Å². The summed E-state index contributed by atoms with van der Waals surface area (Å²) in [5.41, 5.74) is 6.52. The highest BCUT2D eigenvalue weighted by Crippen LogP contribution is 2.29. The second-order valence-corrected chi connectivity index (χ2v) is 3.64. The van der Waals surface area contributed by atoms with E-state index in [9.17, 15) is 10.1 Å². The van der Waals surface area contributed by atoms with Gasteiger partial charge in [0, 0.05) is 24.8 Å². The zero-order chi connectivity index (χ0) is 11.5. The third-order valence-electron chi connectivity index (χ3n) is 2.53. The number of anilines is 1. The number of nitro benzene ring substituents is 1. The average molecular weight is 223 g/mol. The molecule has 1 aromatic carbocycles. The first kappa shape index (κ1) is 10.8. The topological polar surface area (TPSA) is 90.4 Å². The first-order valence-electron chi connectivity index (χ1n) is 5.04. The van der Waals surface area contributed by atoms with Crippen molar-refractivity contribution in [2.24, 2.45) is 0 Å². The van der Waals surface area contributed by atoms with Crippen molar-refractivity contribution in [3.05, 3.63) is 33.9 Å². The summed E-state index contributed by atoms with van der Waals surface area (Å²) in [6.07, 6.45) is -0.269. The second kappa shape index (κ2) is 4.46. The molecule has 0 spiro atoms. The Kier molecular flexibility index (Phi) is 3.02. The second-order valence-electron chi connectivity index (χ2n) is 3.64. The van der Waals surface area contributed by atoms with Gasteiger partial charge in [0.25, 0.3) is 5.69 Å². The van der Waals surface area contributed by atoms with E-state index in [4.69, 9.17) is 10.5 Å². The number of ether oxygens (including phenoxy) is 1. The number of benzene rings is 1. The minimum Gasteiger partial charge on any atom is -0.399 e. The highest BCUT2D eigenvalue weighted by molar-refractivity contribution is 5.53. The van der Waals surface area contributed by atoms with Crippen LogP contribution >= 0.6 is 0 Å². The van der Waals surface area contributed by atoms with Crippen LogP contribution < -0.4 is 11.1 Å². The predicted molar refractivity (Wildman–Crippen MR) is 59.1 cm³/mol. The third kappa shape index (κ3) is 2.12. The standard InChI is InChI=1S/C10H13N3O3/c11-7-1-2-8(9(5-7)13(14)15)10-6-12-3-4-16-10/h1-2,5,10,12H,3-4,6,11H2/t10-/m1/s1. The molecule has 1 heterocycles. The SMILES string of the molecule is Nc1ccc([C@H]2CNCCO2)c([N+](=O)[O-])c1. The van der Waals surface area contributed by atoms with Gasteiger partial charge >= 0.3 is 0 Å². The highest BCUT2D eigenvalue weighted by atomic mass is 16.6. The van der Waals surface area contributed by atoms with Gasteiger partial charge in [0.05, 0.1) is 17.1 Å². The lowest BCUT2D eigenvalue weighted by atomic mass is 10.1. The van der Waals surface area contributed by atoms with Crippen LogP contribution in [-0.2, 0) is 4.74 Å². The number of hydrogen-bond acceptors (Lipinski definition) is 5. The Morgan fingerprint density at radius 3 is 3.00 bits per heavy atom. The lowest BCUT2D eigenvalue weighted by Crippen LogP contribution is -2.33. The van der Waals surface area contributed by atoms with E-state index in [1.54, 1.807) is 12.1 Å². The number of hydrogen-bond donors (Lipinski definition) is 2. The van der Waals surface area contributed by atoms with Gasteiger partial charge in [-0.05, 0) is 12.1 Å². The normalized spacial score (nSPS) is 20.6. The number of nitrogens with two attached hydrogens (primary N) is 1. The van der Waals surface area contributed by atoms with Crippen LogP contribution in [0.5, 0.6) is 0 Å². The van der Waals surface area contributed by atoms with Gasteiger partial charge in [-0.2, -0.15) is 0 Å². The first-order chi connectivity index (χ1) is 7.68. The van der Waals surface area contributed by atoms with E-state index in [1.807, 2.05) is 0 Å². The highest BCUT2D eigenvalue weighted by Gasteiger charge is 2.24. The van der Waals surface area contributed by atoms with Gasteiger partial charge in [-0.1, -0.05) is 0 Å². The quantitative estimate of drug-likeness (QED) is 0.440. The molecular formula is C10H13N3O3. The molecule has 0 radical (unpaired) electrons. The number of morpholine rings is 1. The zero-order valence-corrected chi connectivity index (χ0v) is 8.68. The molecule has 1 fully saturated rings. The fourth-order valence-electron chi connectivity index (χ4n) is 1.76. The monoisotopic (exact) mass is 223 g/mol. The summed E-state index contributed by atoms with van der Waals surface area (Å²) < 4.78 is 5.49. The largest absolute Gasteiger partial charge is 0.399 e. The maximum absolute atomic E-state index is 10.9. The van der Waals surface area contributed by atoms with E-state index in [2.05, 4.69) is 5.32 Å². The third-order valence-corrected chi connectivity index (χ3v) is 2.53.